The van der Waals surface area contributed by atoms with E-state index < -0.39 is 0 Å². The Morgan fingerprint density at radius 3 is 1.85 bits per heavy atom. The van der Waals surface area contributed by atoms with Crippen LogP contribution in [0.4, 0.5) is 0 Å². The van der Waals surface area contributed by atoms with Gasteiger partial charge in [0.2, 0.25) is 5.91 Å². The number of likely N-dealkylation sites (N-methyl/N-ethyl adjacent to an activating group) is 1. The minimum Gasteiger partial charge on any atom is -0.354 e. The van der Waals surface area contributed by atoms with Gasteiger partial charge in [-0.05, 0) is 25.7 Å². The van der Waals surface area contributed by atoms with Crippen LogP contribution in [0.5, 0.6) is 0 Å². The Balaban J connectivity index is 1.90. The summed E-state index contributed by atoms with van der Waals surface area (Å²) in [6, 6.07) is 1.05. The number of nitrogens with zero attached hydrogens (tertiary/aromatic N) is 2. The molecule has 1 amide bonds. The number of hydrogen-bond donors (Lipinski definition) is 2. The molecule has 0 aromatic heterocycles. The Labute approximate surface area is 122 Å². The highest BCUT2D eigenvalue weighted by Crippen LogP contribution is 2.19. The first-order valence-electron chi connectivity index (χ1n) is 7.93. The average molecular weight is 280 g/mol. The highest BCUT2D eigenvalue weighted by atomic mass is 16.2. The minimum absolute atomic E-state index is 0.0453. The van der Waals surface area contributed by atoms with Gasteiger partial charge in [0.15, 0.2) is 5.96 Å². The molecule has 2 fully saturated rings. The smallest absolute Gasteiger partial charge is 0.243 e. The maximum atomic E-state index is 11.7. The van der Waals surface area contributed by atoms with Crippen LogP contribution in [-0.4, -0.2) is 49.5 Å². The van der Waals surface area contributed by atoms with Crippen molar-refractivity contribution < 1.29 is 4.79 Å². The zero-order valence-electron chi connectivity index (χ0n) is 12.8. The lowest BCUT2D eigenvalue weighted by Crippen LogP contribution is -2.46. The van der Waals surface area contributed by atoms with E-state index in [1.807, 2.05) is 0 Å². The number of aliphatic imine (C=N–C) groups is 1. The molecule has 2 saturated carbocycles. The van der Waals surface area contributed by atoms with Crippen molar-refractivity contribution in [1.82, 2.24) is 15.5 Å². The van der Waals surface area contributed by atoms with E-state index >= 15 is 0 Å². The third-order valence-corrected chi connectivity index (χ3v) is 4.26. The van der Waals surface area contributed by atoms with Crippen molar-refractivity contribution in [3.05, 3.63) is 0 Å². The average Bonchev–Trinajstić information content (AvgIpc) is 3.08. The minimum atomic E-state index is 0.0453. The normalized spacial score (nSPS) is 19.9. The number of amides is 1. The monoisotopic (exact) mass is 280 g/mol. The molecule has 0 unspecified atom stereocenters. The summed E-state index contributed by atoms with van der Waals surface area (Å²) in [4.78, 5) is 17.7. The van der Waals surface area contributed by atoms with Crippen molar-refractivity contribution >= 4 is 11.9 Å². The molecule has 0 aromatic carbocycles. The Kier molecular flexibility index (Phi) is 5.68. The van der Waals surface area contributed by atoms with Gasteiger partial charge in [0.1, 0.15) is 6.54 Å². The van der Waals surface area contributed by atoms with Crippen LogP contribution in [0.15, 0.2) is 4.99 Å². The van der Waals surface area contributed by atoms with Gasteiger partial charge in [0.25, 0.3) is 0 Å². The van der Waals surface area contributed by atoms with Gasteiger partial charge in [-0.2, -0.15) is 0 Å². The predicted octanol–water partition coefficient (Wildman–Crippen LogP) is 1.49. The Morgan fingerprint density at radius 1 is 1.00 bits per heavy atom. The lowest BCUT2D eigenvalue weighted by molar-refractivity contribution is -0.127. The number of hydrogen-bond acceptors (Lipinski definition) is 2. The van der Waals surface area contributed by atoms with Crippen LogP contribution in [-0.2, 0) is 4.79 Å². The molecule has 0 radical (unpaired) electrons. The van der Waals surface area contributed by atoms with Gasteiger partial charge in [0.05, 0.1) is 0 Å². The fourth-order valence-electron chi connectivity index (χ4n) is 2.95. The Hall–Kier alpha value is -1.26. The van der Waals surface area contributed by atoms with E-state index in [-0.39, 0.29) is 12.5 Å². The molecule has 114 valence electrons. The zero-order valence-corrected chi connectivity index (χ0v) is 12.8. The molecular weight excluding hydrogens is 252 g/mol. The van der Waals surface area contributed by atoms with Crippen LogP contribution in [0.3, 0.4) is 0 Å². The van der Waals surface area contributed by atoms with Gasteiger partial charge in [-0.1, -0.05) is 25.7 Å². The van der Waals surface area contributed by atoms with Crippen LogP contribution < -0.4 is 10.6 Å². The van der Waals surface area contributed by atoms with E-state index in [2.05, 4.69) is 15.6 Å². The van der Waals surface area contributed by atoms with Gasteiger partial charge in [0, 0.05) is 26.2 Å². The third-order valence-electron chi connectivity index (χ3n) is 4.26. The number of guanidine groups is 1. The first-order valence-corrected chi connectivity index (χ1v) is 7.93. The SMILES string of the molecule is CN(C)C(=O)CN=C(NC1CCCC1)NC1CCCC1. The van der Waals surface area contributed by atoms with Gasteiger partial charge < -0.3 is 15.5 Å². The van der Waals surface area contributed by atoms with E-state index in [1.54, 1.807) is 19.0 Å². The number of nitrogens with one attached hydrogen (secondary N) is 2. The van der Waals surface area contributed by atoms with Gasteiger partial charge in [-0.25, -0.2) is 4.99 Å². The molecular formula is C15H28N4O. The van der Waals surface area contributed by atoms with Crippen LogP contribution in [0, 0.1) is 0 Å². The van der Waals surface area contributed by atoms with Crippen LogP contribution in [0.2, 0.25) is 0 Å². The second kappa shape index (κ2) is 7.50. The summed E-state index contributed by atoms with van der Waals surface area (Å²) in [5.41, 5.74) is 0. The second-order valence-electron chi connectivity index (χ2n) is 6.20. The fraction of sp³-hybridized carbons (Fsp3) is 0.867. The molecule has 0 atom stereocenters. The summed E-state index contributed by atoms with van der Waals surface area (Å²) in [5, 5.41) is 7.01. The van der Waals surface area contributed by atoms with Gasteiger partial charge in [-0.15, -0.1) is 0 Å². The molecule has 0 heterocycles. The molecule has 0 aromatic rings. The summed E-state index contributed by atoms with van der Waals surface area (Å²) in [6.45, 7) is 0.224. The molecule has 0 saturated heterocycles. The molecule has 0 spiro atoms. The van der Waals surface area contributed by atoms with E-state index in [0.717, 1.165) is 5.96 Å². The second-order valence-corrected chi connectivity index (χ2v) is 6.20. The summed E-state index contributed by atoms with van der Waals surface area (Å²) < 4.78 is 0. The summed E-state index contributed by atoms with van der Waals surface area (Å²) >= 11 is 0. The van der Waals surface area contributed by atoms with E-state index in [0.29, 0.717) is 12.1 Å². The van der Waals surface area contributed by atoms with Crippen LogP contribution in [0.1, 0.15) is 51.4 Å². The third kappa shape index (κ3) is 4.69. The highest BCUT2D eigenvalue weighted by molar-refractivity contribution is 5.85. The topological polar surface area (TPSA) is 56.7 Å². The molecule has 5 nitrogen and oxygen atoms in total. The van der Waals surface area contributed by atoms with Crippen molar-refractivity contribution in [2.24, 2.45) is 4.99 Å². The van der Waals surface area contributed by atoms with Crippen molar-refractivity contribution in [1.29, 1.82) is 0 Å². The standard InChI is InChI=1S/C15H28N4O/c1-19(2)14(20)11-16-15(17-12-7-3-4-8-12)18-13-9-5-6-10-13/h12-13H,3-11H2,1-2H3,(H2,16,17,18). The van der Waals surface area contributed by atoms with E-state index in [4.69, 9.17) is 0 Å². The summed E-state index contributed by atoms with van der Waals surface area (Å²) in [6.07, 6.45) is 10.0. The van der Waals surface area contributed by atoms with Crippen molar-refractivity contribution in [2.45, 2.75) is 63.5 Å². The number of rotatable bonds is 4. The number of carbonyl (C=O) groups excluding carboxylic acids is 1. The van der Waals surface area contributed by atoms with Gasteiger partial charge >= 0.3 is 0 Å². The molecule has 20 heavy (non-hydrogen) atoms. The summed E-state index contributed by atoms with van der Waals surface area (Å²) in [5.74, 6) is 0.878. The fourth-order valence-corrected chi connectivity index (χ4v) is 2.95. The lowest BCUT2D eigenvalue weighted by Gasteiger charge is -2.21. The first-order chi connectivity index (χ1) is 9.65. The molecule has 2 rings (SSSR count). The van der Waals surface area contributed by atoms with Gasteiger partial charge in [-0.3, -0.25) is 4.79 Å². The van der Waals surface area contributed by atoms with Crippen LogP contribution >= 0.6 is 0 Å². The van der Waals surface area contributed by atoms with Crippen LogP contribution in [0.25, 0.3) is 0 Å². The molecule has 0 aliphatic heterocycles. The molecule has 2 N–H and O–H groups in total. The Bertz CT molecular complexity index is 322. The highest BCUT2D eigenvalue weighted by Gasteiger charge is 2.20. The van der Waals surface area contributed by atoms with Crippen molar-refractivity contribution in [3.63, 3.8) is 0 Å². The van der Waals surface area contributed by atoms with E-state index in [1.165, 1.54) is 51.4 Å². The first kappa shape index (κ1) is 15.1. The Morgan fingerprint density at radius 2 is 1.45 bits per heavy atom. The maximum Gasteiger partial charge on any atom is 0.243 e. The lowest BCUT2D eigenvalue weighted by atomic mass is 10.2. The number of carbonyl (C=O) groups is 1. The predicted molar refractivity (Wildman–Crippen MR) is 81.8 cm³/mol. The zero-order chi connectivity index (χ0) is 14.4. The van der Waals surface area contributed by atoms with Crippen molar-refractivity contribution in [3.8, 4) is 0 Å². The van der Waals surface area contributed by atoms with Crippen molar-refractivity contribution in [2.75, 3.05) is 20.6 Å². The molecule has 0 bridgehead atoms. The quantitative estimate of drug-likeness (QED) is 0.606. The van der Waals surface area contributed by atoms with E-state index in [9.17, 15) is 4.79 Å². The maximum absolute atomic E-state index is 11.7. The summed E-state index contributed by atoms with van der Waals surface area (Å²) in [7, 11) is 3.54. The largest absolute Gasteiger partial charge is 0.354 e. The molecule has 5 heteroatoms. The molecule has 2 aliphatic rings. The molecule has 2 aliphatic carbocycles.